The van der Waals surface area contributed by atoms with Crippen LogP contribution in [-0.2, 0) is 4.79 Å². The summed E-state index contributed by atoms with van der Waals surface area (Å²) in [6.45, 7) is 2.01. The fourth-order valence-electron chi connectivity index (χ4n) is 0.548. The van der Waals surface area contributed by atoms with Crippen molar-refractivity contribution in [2.75, 3.05) is 0 Å². The van der Waals surface area contributed by atoms with Crippen LogP contribution >= 0.6 is 0 Å². The third kappa shape index (κ3) is 6.55. The van der Waals surface area contributed by atoms with Crippen LogP contribution in [-0.4, -0.2) is 46.7 Å². The van der Waals surface area contributed by atoms with Crippen molar-refractivity contribution < 1.29 is 9.90 Å². The van der Waals surface area contributed by atoms with Crippen molar-refractivity contribution in [3.8, 4) is 0 Å². The Balaban J connectivity index is 0. The molecule has 0 aromatic heterocycles. The molecule has 3 nitrogen and oxygen atoms in total. The van der Waals surface area contributed by atoms with E-state index in [1.807, 2.05) is 6.92 Å². The van der Waals surface area contributed by atoms with E-state index in [-0.39, 0.29) is 29.6 Å². The fourth-order valence-corrected chi connectivity index (χ4v) is 0.548. The van der Waals surface area contributed by atoms with E-state index in [1.54, 1.807) is 0 Å². The van der Waals surface area contributed by atoms with Gasteiger partial charge >= 0.3 is 35.5 Å². The molecule has 0 aromatic carbocycles. The standard InChI is InChI=1S/C6H13NO2.Na.H/c1-2-3-4-5(7)6(8)9;;/h5H,2-4,7H2,1H3,(H,8,9);;. The molecule has 0 spiro atoms. The summed E-state index contributed by atoms with van der Waals surface area (Å²) >= 11 is 0. The zero-order chi connectivity index (χ0) is 7.28. The Morgan fingerprint density at radius 3 is 2.50 bits per heavy atom. The van der Waals surface area contributed by atoms with Gasteiger partial charge in [0.2, 0.25) is 0 Å². The molecule has 0 bridgehead atoms. The van der Waals surface area contributed by atoms with Gasteiger partial charge in [-0.1, -0.05) is 19.8 Å². The van der Waals surface area contributed by atoms with Crippen LogP contribution in [0.25, 0.3) is 0 Å². The van der Waals surface area contributed by atoms with Crippen LogP contribution in [0.5, 0.6) is 0 Å². The average molecular weight is 155 g/mol. The van der Waals surface area contributed by atoms with Gasteiger partial charge in [-0.15, -0.1) is 0 Å². The molecular formula is C6H14NNaO2. The van der Waals surface area contributed by atoms with Crippen molar-refractivity contribution in [3.63, 3.8) is 0 Å². The summed E-state index contributed by atoms with van der Waals surface area (Å²) in [6.07, 6.45) is 2.49. The SMILES string of the molecule is CCCCC(N)C(=O)O.[NaH]. The van der Waals surface area contributed by atoms with Gasteiger partial charge in [0.05, 0.1) is 0 Å². The van der Waals surface area contributed by atoms with Crippen LogP contribution in [0, 0.1) is 0 Å². The molecule has 0 rings (SSSR count). The number of unbranched alkanes of at least 4 members (excludes halogenated alkanes) is 1. The normalized spacial score (nSPS) is 11.8. The molecule has 10 heavy (non-hydrogen) atoms. The molecule has 0 saturated heterocycles. The number of rotatable bonds is 4. The molecule has 4 heteroatoms. The van der Waals surface area contributed by atoms with Crippen LogP contribution < -0.4 is 5.73 Å². The number of carbonyl (C=O) groups is 1. The summed E-state index contributed by atoms with van der Waals surface area (Å²) < 4.78 is 0. The first-order chi connectivity index (χ1) is 4.18. The number of carboxylic acid groups (broad SMARTS) is 1. The van der Waals surface area contributed by atoms with Gasteiger partial charge in [-0.3, -0.25) is 4.79 Å². The molecule has 1 unspecified atom stereocenters. The third-order valence-corrected chi connectivity index (χ3v) is 1.19. The van der Waals surface area contributed by atoms with Crippen LogP contribution in [0.4, 0.5) is 0 Å². The molecule has 3 N–H and O–H groups in total. The van der Waals surface area contributed by atoms with Crippen LogP contribution in [0.1, 0.15) is 26.2 Å². The van der Waals surface area contributed by atoms with Gasteiger partial charge in [0.25, 0.3) is 0 Å². The molecule has 1 atom stereocenters. The van der Waals surface area contributed by atoms with Gasteiger partial charge in [-0.05, 0) is 6.42 Å². The van der Waals surface area contributed by atoms with Gasteiger partial charge in [0.1, 0.15) is 6.04 Å². The van der Waals surface area contributed by atoms with Crippen molar-refractivity contribution in [3.05, 3.63) is 0 Å². The molecule has 0 saturated carbocycles. The number of carboxylic acids is 1. The van der Waals surface area contributed by atoms with Gasteiger partial charge in [0.15, 0.2) is 0 Å². The Hall–Kier alpha value is 0.430. The molecule has 0 aliphatic carbocycles. The van der Waals surface area contributed by atoms with E-state index in [4.69, 9.17) is 10.8 Å². The second-order valence-corrected chi connectivity index (χ2v) is 2.09. The van der Waals surface area contributed by atoms with E-state index in [0.29, 0.717) is 6.42 Å². The van der Waals surface area contributed by atoms with E-state index in [2.05, 4.69) is 0 Å². The zero-order valence-corrected chi connectivity index (χ0v) is 5.63. The summed E-state index contributed by atoms with van der Waals surface area (Å²) in [4.78, 5) is 10.1. The minimum absolute atomic E-state index is 0. The van der Waals surface area contributed by atoms with Crippen molar-refractivity contribution in [2.24, 2.45) is 5.73 Å². The van der Waals surface area contributed by atoms with Gasteiger partial charge < -0.3 is 10.8 Å². The summed E-state index contributed by atoms with van der Waals surface area (Å²) in [6, 6.07) is -0.662. The molecule has 0 aliphatic heterocycles. The molecule has 0 amide bonds. The molecule has 56 valence electrons. The van der Waals surface area contributed by atoms with Crippen LogP contribution in [0.15, 0.2) is 0 Å². The summed E-state index contributed by atoms with van der Waals surface area (Å²) in [5.41, 5.74) is 5.20. The van der Waals surface area contributed by atoms with Crippen LogP contribution in [0.3, 0.4) is 0 Å². The molecule has 0 fully saturated rings. The summed E-state index contributed by atoms with van der Waals surface area (Å²) in [5.74, 6) is -0.900. The Morgan fingerprint density at radius 1 is 1.70 bits per heavy atom. The second-order valence-electron chi connectivity index (χ2n) is 2.09. The molecule has 0 aliphatic rings. The second kappa shape index (κ2) is 7.54. The Kier molecular flexibility index (Phi) is 9.84. The van der Waals surface area contributed by atoms with Crippen LogP contribution in [0.2, 0.25) is 0 Å². The molecule has 0 heterocycles. The van der Waals surface area contributed by atoms with Crippen molar-refractivity contribution in [2.45, 2.75) is 32.2 Å². The Morgan fingerprint density at radius 2 is 2.20 bits per heavy atom. The quantitative estimate of drug-likeness (QED) is 0.559. The number of nitrogens with two attached hydrogens (primary N) is 1. The molecular weight excluding hydrogens is 141 g/mol. The van der Waals surface area contributed by atoms with E-state index >= 15 is 0 Å². The fraction of sp³-hybridized carbons (Fsp3) is 0.833. The van der Waals surface area contributed by atoms with E-state index in [9.17, 15) is 4.79 Å². The van der Waals surface area contributed by atoms with E-state index in [0.717, 1.165) is 12.8 Å². The number of aliphatic carboxylic acids is 1. The maximum absolute atomic E-state index is 10.1. The van der Waals surface area contributed by atoms with Gasteiger partial charge in [-0.2, -0.15) is 0 Å². The first-order valence-corrected chi connectivity index (χ1v) is 3.17. The molecule has 0 radical (unpaired) electrons. The Labute approximate surface area is 83.3 Å². The summed E-state index contributed by atoms with van der Waals surface area (Å²) in [7, 11) is 0. The van der Waals surface area contributed by atoms with Gasteiger partial charge in [-0.25, -0.2) is 0 Å². The predicted octanol–water partition coefficient (Wildman–Crippen LogP) is -0.0600. The monoisotopic (exact) mass is 155 g/mol. The average Bonchev–Trinajstić information content (AvgIpc) is 1.82. The first kappa shape index (κ1) is 13.1. The van der Waals surface area contributed by atoms with Crippen molar-refractivity contribution >= 4 is 35.5 Å². The summed E-state index contributed by atoms with van der Waals surface area (Å²) in [5, 5.41) is 8.28. The molecule has 0 aromatic rings. The van der Waals surface area contributed by atoms with E-state index < -0.39 is 12.0 Å². The van der Waals surface area contributed by atoms with Crippen molar-refractivity contribution in [1.29, 1.82) is 0 Å². The topological polar surface area (TPSA) is 63.3 Å². The Bertz CT molecular complexity index is 97.7. The third-order valence-electron chi connectivity index (χ3n) is 1.19. The number of hydrogen-bond acceptors (Lipinski definition) is 2. The minimum atomic E-state index is -0.900. The van der Waals surface area contributed by atoms with Crippen molar-refractivity contribution in [1.82, 2.24) is 0 Å². The zero-order valence-electron chi connectivity index (χ0n) is 5.63. The predicted molar refractivity (Wildman–Crippen MR) is 42.3 cm³/mol. The van der Waals surface area contributed by atoms with E-state index in [1.165, 1.54) is 0 Å². The van der Waals surface area contributed by atoms with Gasteiger partial charge in [0, 0.05) is 0 Å². The maximum atomic E-state index is 10.1. The first-order valence-electron chi connectivity index (χ1n) is 3.17. The number of hydrogen-bond donors (Lipinski definition) is 2.